The normalized spacial score (nSPS) is 17.3. The number of aromatic nitrogens is 4. The van der Waals surface area contributed by atoms with Gasteiger partial charge in [0, 0.05) is 37.8 Å². The van der Waals surface area contributed by atoms with Crippen molar-refractivity contribution in [1.82, 2.24) is 24.4 Å². The molecule has 1 aromatic carbocycles. The van der Waals surface area contributed by atoms with Crippen molar-refractivity contribution in [2.45, 2.75) is 65.0 Å². The van der Waals surface area contributed by atoms with Crippen LogP contribution in [0.5, 0.6) is 5.75 Å². The first kappa shape index (κ1) is 29.8. The number of nitrogens with zero attached hydrogens (tertiary/aromatic N) is 6. The Kier molecular flexibility index (Phi) is 7.47. The van der Waals surface area contributed by atoms with E-state index in [4.69, 9.17) is 21.3 Å². The molecule has 4 aromatic rings. The van der Waals surface area contributed by atoms with Gasteiger partial charge in [-0.1, -0.05) is 17.7 Å². The second-order valence-electron chi connectivity index (χ2n) is 12.5. The van der Waals surface area contributed by atoms with Gasteiger partial charge in [-0.25, -0.2) is 23.5 Å². The summed E-state index contributed by atoms with van der Waals surface area (Å²) in [5.74, 6) is -0.476. The van der Waals surface area contributed by atoms with Gasteiger partial charge in [0.2, 0.25) is 0 Å². The summed E-state index contributed by atoms with van der Waals surface area (Å²) in [4.78, 5) is 44.4. The molecule has 2 fully saturated rings. The van der Waals surface area contributed by atoms with Gasteiger partial charge in [0.05, 0.1) is 33.0 Å². The molecule has 1 aliphatic heterocycles. The van der Waals surface area contributed by atoms with Gasteiger partial charge in [0.1, 0.15) is 23.0 Å². The van der Waals surface area contributed by atoms with Gasteiger partial charge in [-0.15, -0.1) is 0 Å². The van der Waals surface area contributed by atoms with Crippen molar-refractivity contribution < 1.29 is 19.0 Å². The van der Waals surface area contributed by atoms with Crippen molar-refractivity contribution in [1.29, 1.82) is 0 Å². The molecular formula is C32H34ClFN6O4. The first-order chi connectivity index (χ1) is 20.8. The molecule has 230 valence electrons. The molecule has 1 amide bonds. The number of phenolic OH excluding ortho intramolecular Hbond substituents is 1. The highest BCUT2D eigenvalue weighted by molar-refractivity contribution is 6.34. The topological polar surface area (TPSA) is 114 Å². The van der Waals surface area contributed by atoms with Crippen molar-refractivity contribution in [3.63, 3.8) is 0 Å². The predicted octanol–water partition coefficient (Wildman–Crippen LogP) is 5.97. The Morgan fingerprint density at radius 3 is 2.57 bits per heavy atom. The van der Waals surface area contributed by atoms with Gasteiger partial charge in [0.25, 0.3) is 0 Å². The maximum Gasteiger partial charge on any atom is 0.410 e. The third-order valence-corrected chi connectivity index (χ3v) is 8.21. The molecule has 1 N–H and O–H groups in total. The number of ether oxygens (including phenoxy) is 1. The second-order valence-corrected chi connectivity index (χ2v) is 12.9. The molecule has 1 atom stereocenters. The van der Waals surface area contributed by atoms with E-state index in [1.807, 2.05) is 45.6 Å². The summed E-state index contributed by atoms with van der Waals surface area (Å²) < 4.78 is 22.1. The highest BCUT2D eigenvalue weighted by atomic mass is 35.5. The van der Waals surface area contributed by atoms with E-state index in [-0.39, 0.29) is 39.6 Å². The fourth-order valence-electron chi connectivity index (χ4n) is 5.73. The minimum absolute atomic E-state index is 0.00243. The van der Waals surface area contributed by atoms with Crippen LogP contribution in [0.4, 0.5) is 15.0 Å². The molecule has 0 radical (unpaired) electrons. The minimum atomic E-state index is -0.704. The number of benzene rings is 1. The molecule has 0 spiro atoms. The van der Waals surface area contributed by atoms with Crippen LogP contribution in [-0.2, 0) is 4.74 Å². The Labute approximate surface area is 259 Å². The average Bonchev–Trinajstić information content (AvgIpc) is 3.78. The molecular weight excluding hydrogens is 587 g/mol. The van der Waals surface area contributed by atoms with Gasteiger partial charge in [-0.3, -0.25) is 4.98 Å². The molecule has 4 heterocycles. The number of carbonyl (C=O) groups is 1. The molecule has 6 rings (SSSR count). The number of pyridine rings is 2. The smallest absolute Gasteiger partial charge is 0.410 e. The lowest BCUT2D eigenvalue weighted by Crippen LogP contribution is -2.55. The summed E-state index contributed by atoms with van der Waals surface area (Å²) in [7, 11) is 0. The van der Waals surface area contributed by atoms with Crippen LogP contribution < -0.4 is 10.6 Å². The zero-order valence-electron chi connectivity index (χ0n) is 25.3. The standard InChI is InChI=1S/C32H34ClFN6O4/c1-17-11-12-35-25(19-9-10-19)27(17)40-29-20(15-21(33)26(36-29)24-22(34)7-6-8-23(24)41)28(37-30(40)42)39-14-13-38(16-18(39)2)31(43)44-32(3,4)5/h6-8,11-12,15,18-19,41H,9-10,13-14,16H2,1-5H3/t18-/m0/s1. The monoisotopic (exact) mass is 620 g/mol. The summed E-state index contributed by atoms with van der Waals surface area (Å²) in [5, 5.41) is 11.2. The van der Waals surface area contributed by atoms with Crippen LogP contribution in [0.2, 0.25) is 5.02 Å². The number of aromatic hydroxyl groups is 1. The molecule has 1 saturated carbocycles. The SMILES string of the molecule is Cc1ccnc(C2CC2)c1-n1c(=O)nc(N2CCN(C(=O)OC(C)(C)C)C[C@@H]2C)c2cc(Cl)c(-c3c(O)cccc3F)nc21. The molecule has 44 heavy (non-hydrogen) atoms. The van der Waals surface area contributed by atoms with Gasteiger partial charge >= 0.3 is 11.8 Å². The number of amides is 1. The first-order valence-electron chi connectivity index (χ1n) is 14.7. The third kappa shape index (κ3) is 5.45. The number of anilines is 1. The maximum atomic E-state index is 15.1. The summed E-state index contributed by atoms with van der Waals surface area (Å²) in [6, 6.07) is 7.15. The molecule has 1 aliphatic carbocycles. The van der Waals surface area contributed by atoms with Crippen LogP contribution in [0.25, 0.3) is 28.0 Å². The number of rotatable bonds is 4. The van der Waals surface area contributed by atoms with E-state index in [1.54, 1.807) is 17.2 Å². The zero-order chi connectivity index (χ0) is 31.5. The first-order valence-corrected chi connectivity index (χ1v) is 15.0. The number of fused-ring (bicyclic) bond motifs is 1. The highest BCUT2D eigenvalue weighted by Gasteiger charge is 2.34. The molecule has 2 aliphatic rings. The summed E-state index contributed by atoms with van der Waals surface area (Å²) >= 11 is 6.76. The number of halogens is 2. The number of hydrogen-bond donors (Lipinski definition) is 1. The summed E-state index contributed by atoms with van der Waals surface area (Å²) in [6.45, 7) is 10.4. The Balaban J connectivity index is 1.55. The van der Waals surface area contributed by atoms with Gasteiger partial charge in [-0.2, -0.15) is 4.98 Å². The van der Waals surface area contributed by atoms with Crippen molar-refractivity contribution in [3.05, 3.63) is 69.1 Å². The van der Waals surface area contributed by atoms with E-state index in [0.717, 1.165) is 24.1 Å². The number of aryl methyl sites for hydroxylation is 1. The number of phenols is 1. The van der Waals surface area contributed by atoms with Crippen LogP contribution in [0, 0.1) is 12.7 Å². The molecule has 1 saturated heterocycles. The number of carbonyl (C=O) groups excluding carboxylic acids is 1. The number of hydrogen-bond acceptors (Lipinski definition) is 8. The average molecular weight is 621 g/mol. The lowest BCUT2D eigenvalue weighted by molar-refractivity contribution is 0.0218. The van der Waals surface area contributed by atoms with Crippen molar-refractivity contribution in [2.75, 3.05) is 24.5 Å². The Hall–Kier alpha value is -4.25. The fourth-order valence-corrected chi connectivity index (χ4v) is 5.98. The van der Waals surface area contributed by atoms with E-state index in [9.17, 15) is 14.7 Å². The van der Waals surface area contributed by atoms with E-state index < -0.39 is 23.2 Å². The third-order valence-electron chi connectivity index (χ3n) is 7.92. The largest absolute Gasteiger partial charge is 0.507 e. The van der Waals surface area contributed by atoms with Crippen molar-refractivity contribution >= 4 is 34.5 Å². The van der Waals surface area contributed by atoms with Gasteiger partial charge in [-0.05, 0) is 77.3 Å². The van der Waals surface area contributed by atoms with E-state index in [2.05, 4.69) is 9.97 Å². The molecule has 0 bridgehead atoms. The van der Waals surface area contributed by atoms with Gasteiger partial charge in [0.15, 0.2) is 5.65 Å². The highest BCUT2D eigenvalue weighted by Crippen LogP contribution is 2.43. The van der Waals surface area contributed by atoms with Crippen LogP contribution in [-0.4, -0.2) is 66.9 Å². The fraction of sp³-hybridized carbons (Fsp3) is 0.406. The Bertz CT molecular complexity index is 1830. The Morgan fingerprint density at radius 2 is 1.91 bits per heavy atom. The van der Waals surface area contributed by atoms with Gasteiger partial charge < -0.3 is 19.6 Å². The van der Waals surface area contributed by atoms with E-state index in [1.165, 1.54) is 22.8 Å². The van der Waals surface area contributed by atoms with Crippen LogP contribution in [0.1, 0.15) is 57.7 Å². The Morgan fingerprint density at radius 1 is 1.16 bits per heavy atom. The second kappa shape index (κ2) is 11.0. The molecule has 0 unspecified atom stereocenters. The molecule has 12 heteroatoms. The predicted molar refractivity (Wildman–Crippen MR) is 166 cm³/mol. The van der Waals surface area contributed by atoms with Crippen LogP contribution in [0.15, 0.2) is 41.3 Å². The van der Waals surface area contributed by atoms with Crippen molar-refractivity contribution in [2.24, 2.45) is 0 Å². The summed E-state index contributed by atoms with van der Waals surface area (Å²) in [6.07, 6.45) is 3.22. The summed E-state index contributed by atoms with van der Waals surface area (Å²) in [5.41, 5.74) is 1.01. The lowest BCUT2D eigenvalue weighted by atomic mass is 10.1. The quantitative estimate of drug-likeness (QED) is 0.297. The number of piperazine rings is 1. The van der Waals surface area contributed by atoms with E-state index >= 15 is 4.39 Å². The van der Waals surface area contributed by atoms with Crippen LogP contribution >= 0.6 is 11.6 Å². The molecule has 10 nitrogen and oxygen atoms in total. The lowest BCUT2D eigenvalue weighted by Gasteiger charge is -2.41. The maximum absolute atomic E-state index is 15.1. The van der Waals surface area contributed by atoms with Crippen molar-refractivity contribution in [3.8, 4) is 22.7 Å². The van der Waals surface area contributed by atoms with Crippen LogP contribution in [0.3, 0.4) is 0 Å². The van der Waals surface area contributed by atoms with E-state index in [0.29, 0.717) is 36.5 Å². The zero-order valence-corrected chi connectivity index (χ0v) is 26.0. The minimum Gasteiger partial charge on any atom is -0.507 e. The molecule has 3 aromatic heterocycles.